The minimum absolute atomic E-state index is 0.268. The van der Waals surface area contributed by atoms with Gasteiger partial charge in [-0.1, -0.05) is 36.4 Å². The Balaban J connectivity index is 0.991. The monoisotopic (exact) mass is 706 g/mol. The Morgan fingerprint density at radius 1 is 0.635 bits per heavy atom. The lowest BCUT2D eigenvalue weighted by molar-refractivity contribution is 0.0684. The number of fused-ring (bicyclic) bond motifs is 6. The molecule has 0 spiro atoms. The summed E-state index contributed by atoms with van der Waals surface area (Å²) in [6.45, 7) is 10.0. The minimum Gasteiger partial charge on any atom is -0.477 e. The number of nitrogens with zero attached hydrogens (tertiary/aromatic N) is 6. The first kappa shape index (κ1) is 34.6. The number of aromatic nitrogens is 4. The molecule has 5 heterocycles. The second-order valence-corrected chi connectivity index (χ2v) is 12.6. The van der Waals surface area contributed by atoms with Gasteiger partial charge in [-0.15, -0.1) is 0 Å². The molecule has 1 aliphatic rings. The van der Waals surface area contributed by atoms with Gasteiger partial charge in [0.05, 0.1) is 10.8 Å². The van der Waals surface area contributed by atoms with Crippen LogP contribution in [0.5, 0.6) is 11.8 Å². The summed E-state index contributed by atoms with van der Waals surface area (Å²) in [5.74, 6) is -1.75. The molecule has 0 atom stereocenters. The van der Waals surface area contributed by atoms with Crippen LogP contribution in [0.2, 0.25) is 0 Å². The van der Waals surface area contributed by atoms with E-state index in [1.54, 1.807) is 21.3 Å². The quantitative estimate of drug-likeness (QED) is 0.176. The van der Waals surface area contributed by atoms with Crippen LogP contribution in [0, 0.1) is 0 Å². The second-order valence-electron chi connectivity index (χ2n) is 12.6. The normalized spacial score (nSPS) is 14.0. The summed E-state index contributed by atoms with van der Waals surface area (Å²) in [5.41, 5.74) is -0.930. The first-order valence-corrected chi connectivity index (χ1v) is 17.3. The third-order valence-corrected chi connectivity index (χ3v) is 9.67. The number of carboxylic acids is 2. The number of benzene rings is 2. The molecule has 268 valence electrons. The zero-order valence-corrected chi connectivity index (χ0v) is 28.9. The Hall–Kier alpha value is -5.86. The van der Waals surface area contributed by atoms with E-state index in [1.807, 2.05) is 50.2 Å². The molecule has 14 nitrogen and oxygen atoms in total. The highest BCUT2D eigenvalue weighted by atomic mass is 16.5. The van der Waals surface area contributed by atoms with Crippen molar-refractivity contribution in [1.29, 1.82) is 0 Å². The predicted octanol–water partition coefficient (Wildman–Crippen LogP) is 3.92. The standard InChI is InChI=1S/C38H38N6O8/c1-3-43-21-27(37(47)48)31(45)29-23-9-5-7-11-25(23)35(39-33(29)43)51-19-17-41-13-15-42(16-14-41)18-20-52-36-26-12-8-6-10-24(26)30-32(46)28(38(49)50)22-44(4-2)34(30)40-36/h5-12,21-22H,3-4,13-20H2,1-2H3,(H,47,48)(H,49,50). The van der Waals surface area contributed by atoms with E-state index in [2.05, 4.69) is 9.80 Å². The molecule has 2 N–H and O–H groups in total. The third-order valence-electron chi connectivity index (χ3n) is 9.67. The van der Waals surface area contributed by atoms with E-state index in [-0.39, 0.29) is 21.9 Å². The van der Waals surface area contributed by atoms with Gasteiger partial charge in [0, 0.05) is 86.3 Å². The molecule has 4 aromatic heterocycles. The Kier molecular flexibility index (Phi) is 9.58. The lowest BCUT2D eigenvalue weighted by Gasteiger charge is -2.34. The molecule has 14 heteroatoms. The summed E-state index contributed by atoms with van der Waals surface area (Å²) in [6, 6.07) is 14.5. The zero-order valence-electron chi connectivity index (χ0n) is 28.9. The van der Waals surface area contributed by atoms with Gasteiger partial charge >= 0.3 is 11.9 Å². The van der Waals surface area contributed by atoms with E-state index in [9.17, 15) is 29.4 Å². The average Bonchev–Trinajstić information content (AvgIpc) is 3.15. The SMILES string of the molecule is CCn1cc(C(=O)O)c(=O)c2c3ccccc3c(OCCN3CCN(CCOc4nc5c(c(=O)c(C(=O)O)cn5CC)c5ccccc45)CC3)nc21. The summed E-state index contributed by atoms with van der Waals surface area (Å²) < 4.78 is 15.8. The molecular formula is C38H38N6O8. The van der Waals surface area contributed by atoms with Gasteiger partial charge in [-0.3, -0.25) is 19.4 Å². The summed E-state index contributed by atoms with van der Waals surface area (Å²) in [4.78, 5) is 64.0. The number of pyridine rings is 4. The highest BCUT2D eigenvalue weighted by Crippen LogP contribution is 2.31. The number of ether oxygens (including phenoxy) is 2. The third kappa shape index (κ3) is 6.31. The smallest absolute Gasteiger partial charge is 0.341 e. The van der Waals surface area contributed by atoms with Crippen LogP contribution in [0.4, 0.5) is 0 Å². The van der Waals surface area contributed by atoms with Gasteiger partial charge in [0.15, 0.2) is 0 Å². The van der Waals surface area contributed by atoms with Crippen LogP contribution >= 0.6 is 0 Å². The van der Waals surface area contributed by atoms with Crippen LogP contribution in [0.15, 0.2) is 70.5 Å². The van der Waals surface area contributed by atoms with Crippen molar-refractivity contribution in [1.82, 2.24) is 28.9 Å². The van der Waals surface area contributed by atoms with Crippen LogP contribution in [0.25, 0.3) is 43.6 Å². The maximum atomic E-state index is 13.2. The van der Waals surface area contributed by atoms with Crippen molar-refractivity contribution in [3.63, 3.8) is 0 Å². The van der Waals surface area contributed by atoms with E-state index >= 15 is 0 Å². The lowest BCUT2D eigenvalue weighted by atomic mass is 10.1. The van der Waals surface area contributed by atoms with Gasteiger partial charge in [0.2, 0.25) is 22.6 Å². The Bertz CT molecular complexity index is 2310. The van der Waals surface area contributed by atoms with Crippen molar-refractivity contribution in [2.24, 2.45) is 0 Å². The first-order valence-electron chi connectivity index (χ1n) is 17.3. The molecule has 1 fully saturated rings. The summed E-state index contributed by atoms with van der Waals surface area (Å²) in [5, 5.41) is 22.3. The van der Waals surface area contributed by atoms with Crippen LogP contribution in [0.1, 0.15) is 34.6 Å². The largest absolute Gasteiger partial charge is 0.477 e. The molecule has 7 rings (SSSR count). The predicted molar refractivity (Wildman–Crippen MR) is 196 cm³/mol. The van der Waals surface area contributed by atoms with Crippen molar-refractivity contribution in [3.05, 3.63) is 92.5 Å². The number of hydrogen-bond donors (Lipinski definition) is 2. The van der Waals surface area contributed by atoms with Gasteiger partial charge < -0.3 is 28.8 Å². The van der Waals surface area contributed by atoms with Crippen molar-refractivity contribution in [3.8, 4) is 11.8 Å². The molecule has 0 saturated carbocycles. The van der Waals surface area contributed by atoms with Crippen LogP contribution in [-0.2, 0) is 13.1 Å². The highest BCUT2D eigenvalue weighted by Gasteiger charge is 2.22. The van der Waals surface area contributed by atoms with Gasteiger partial charge in [0.1, 0.15) is 35.6 Å². The maximum absolute atomic E-state index is 13.2. The fraction of sp³-hybridized carbons (Fsp3) is 0.316. The molecular weight excluding hydrogens is 668 g/mol. The number of aromatic carboxylic acids is 2. The van der Waals surface area contributed by atoms with Crippen molar-refractivity contribution < 1.29 is 29.3 Å². The average molecular weight is 707 g/mol. The Labute approximate surface area is 297 Å². The van der Waals surface area contributed by atoms with Gasteiger partial charge in [-0.05, 0) is 26.0 Å². The summed E-state index contributed by atoms with van der Waals surface area (Å²) in [7, 11) is 0. The van der Waals surface area contributed by atoms with E-state index in [4.69, 9.17) is 19.4 Å². The van der Waals surface area contributed by atoms with Gasteiger partial charge in [-0.25, -0.2) is 9.59 Å². The summed E-state index contributed by atoms with van der Waals surface area (Å²) >= 11 is 0. The van der Waals surface area contributed by atoms with E-state index in [0.29, 0.717) is 84.0 Å². The number of piperazine rings is 1. The fourth-order valence-electron chi connectivity index (χ4n) is 6.91. The van der Waals surface area contributed by atoms with Gasteiger partial charge in [-0.2, -0.15) is 9.97 Å². The molecule has 0 unspecified atom stereocenters. The molecule has 1 saturated heterocycles. The van der Waals surface area contributed by atoms with Crippen molar-refractivity contribution >= 4 is 55.6 Å². The molecule has 1 aliphatic heterocycles. The number of rotatable bonds is 12. The number of aryl methyl sites for hydroxylation is 2. The maximum Gasteiger partial charge on any atom is 0.341 e. The topological polar surface area (TPSA) is 169 Å². The lowest BCUT2D eigenvalue weighted by Crippen LogP contribution is -2.48. The highest BCUT2D eigenvalue weighted by molar-refractivity contribution is 6.09. The van der Waals surface area contributed by atoms with Crippen molar-refractivity contribution in [2.45, 2.75) is 26.9 Å². The molecule has 0 bridgehead atoms. The van der Waals surface area contributed by atoms with Crippen LogP contribution in [-0.4, -0.2) is 104 Å². The molecule has 6 aromatic rings. The minimum atomic E-state index is -1.27. The van der Waals surface area contributed by atoms with Gasteiger partial charge in [0.25, 0.3) is 0 Å². The second kappa shape index (κ2) is 14.4. The molecule has 0 radical (unpaired) electrons. The van der Waals surface area contributed by atoms with Crippen molar-refractivity contribution in [2.75, 3.05) is 52.5 Å². The number of carboxylic acid groups (broad SMARTS) is 2. The number of hydrogen-bond acceptors (Lipinski definition) is 10. The summed E-state index contributed by atoms with van der Waals surface area (Å²) in [6.07, 6.45) is 2.68. The Morgan fingerprint density at radius 2 is 1.00 bits per heavy atom. The fourth-order valence-corrected chi connectivity index (χ4v) is 6.91. The number of carbonyl (C=O) groups is 2. The first-order chi connectivity index (χ1) is 25.2. The zero-order chi connectivity index (χ0) is 36.5. The Morgan fingerprint density at radius 3 is 1.35 bits per heavy atom. The van der Waals surface area contributed by atoms with Crippen LogP contribution < -0.4 is 20.3 Å². The molecule has 2 aromatic carbocycles. The molecule has 0 aliphatic carbocycles. The van der Waals surface area contributed by atoms with E-state index in [1.165, 1.54) is 12.4 Å². The molecule has 52 heavy (non-hydrogen) atoms. The van der Waals surface area contributed by atoms with Crippen LogP contribution in [0.3, 0.4) is 0 Å². The van der Waals surface area contributed by atoms with E-state index in [0.717, 1.165) is 26.2 Å². The molecule has 0 amide bonds. The van der Waals surface area contributed by atoms with E-state index < -0.39 is 22.8 Å².